The molecule has 0 saturated carbocycles. The minimum Gasteiger partial charge on any atom is -0.313 e. The minimum atomic E-state index is -0.472. The third-order valence-corrected chi connectivity index (χ3v) is 3.74. The number of halogens is 2. The van der Waals surface area contributed by atoms with E-state index in [0.29, 0.717) is 10.7 Å². The SMILES string of the molecule is CN1CCN(Nc2cc(Cl)c(Cl)cc2[N+](=O)[O-])CC1. The normalized spacial score (nSPS) is 17.4. The summed E-state index contributed by atoms with van der Waals surface area (Å²) in [6.07, 6.45) is 0. The Labute approximate surface area is 121 Å². The van der Waals surface area contributed by atoms with Crippen LogP contribution in [0.15, 0.2) is 12.1 Å². The van der Waals surface area contributed by atoms with Crippen molar-refractivity contribution in [3.63, 3.8) is 0 Å². The number of anilines is 1. The van der Waals surface area contributed by atoms with Crippen molar-refractivity contribution in [3.05, 3.63) is 32.3 Å². The highest BCUT2D eigenvalue weighted by Crippen LogP contribution is 2.34. The zero-order valence-corrected chi connectivity index (χ0v) is 11.9. The fraction of sp³-hybridized carbons (Fsp3) is 0.455. The number of benzene rings is 1. The number of nitro benzene ring substituents is 1. The maximum atomic E-state index is 11.0. The molecular formula is C11H14Cl2N4O2. The second-order valence-corrected chi connectivity index (χ2v) is 5.26. The Morgan fingerprint density at radius 3 is 2.37 bits per heavy atom. The van der Waals surface area contributed by atoms with Gasteiger partial charge in [-0.05, 0) is 13.1 Å². The number of nitro groups is 1. The molecule has 0 amide bonds. The van der Waals surface area contributed by atoms with E-state index in [1.165, 1.54) is 12.1 Å². The van der Waals surface area contributed by atoms with Gasteiger partial charge in [0, 0.05) is 32.2 Å². The third-order valence-electron chi connectivity index (χ3n) is 3.02. The summed E-state index contributed by atoms with van der Waals surface area (Å²) in [6, 6.07) is 2.75. The van der Waals surface area contributed by atoms with Gasteiger partial charge in [0.05, 0.1) is 15.0 Å². The zero-order valence-electron chi connectivity index (χ0n) is 10.4. The van der Waals surface area contributed by atoms with E-state index in [0.717, 1.165) is 26.2 Å². The topological polar surface area (TPSA) is 61.6 Å². The summed E-state index contributed by atoms with van der Waals surface area (Å²) in [6.45, 7) is 3.38. The van der Waals surface area contributed by atoms with E-state index >= 15 is 0 Å². The molecule has 8 heteroatoms. The van der Waals surface area contributed by atoms with Crippen molar-refractivity contribution in [2.45, 2.75) is 0 Å². The molecule has 0 spiro atoms. The first-order chi connectivity index (χ1) is 8.97. The van der Waals surface area contributed by atoms with Gasteiger partial charge in [0.1, 0.15) is 5.69 Å². The van der Waals surface area contributed by atoms with Gasteiger partial charge in [-0.25, -0.2) is 5.01 Å². The Hall–Kier alpha value is -1.08. The van der Waals surface area contributed by atoms with Crippen molar-refractivity contribution in [2.75, 3.05) is 38.7 Å². The molecule has 0 atom stereocenters. The summed E-state index contributed by atoms with van der Waals surface area (Å²) in [5.74, 6) is 0. The lowest BCUT2D eigenvalue weighted by Gasteiger charge is -2.32. The predicted octanol–water partition coefficient (Wildman–Crippen LogP) is 2.48. The molecule has 1 aromatic rings. The summed E-state index contributed by atoms with van der Waals surface area (Å²) < 4.78 is 0. The van der Waals surface area contributed by atoms with Gasteiger partial charge in [-0.3, -0.25) is 10.1 Å². The molecule has 1 N–H and O–H groups in total. The summed E-state index contributed by atoms with van der Waals surface area (Å²) in [5.41, 5.74) is 3.33. The van der Waals surface area contributed by atoms with E-state index in [2.05, 4.69) is 10.3 Å². The van der Waals surface area contributed by atoms with Crippen molar-refractivity contribution in [3.8, 4) is 0 Å². The number of hydrogen-bond acceptors (Lipinski definition) is 5. The molecule has 1 aliphatic rings. The summed E-state index contributed by atoms with van der Waals surface area (Å²) >= 11 is 11.7. The van der Waals surface area contributed by atoms with Crippen LogP contribution in [0.3, 0.4) is 0 Å². The Morgan fingerprint density at radius 2 is 1.79 bits per heavy atom. The van der Waals surface area contributed by atoms with Crippen molar-refractivity contribution in [1.29, 1.82) is 0 Å². The zero-order chi connectivity index (χ0) is 14.0. The van der Waals surface area contributed by atoms with Gasteiger partial charge < -0.3 is 10.3 Å². The first kappa shape index (κ1) is 14.3. The first-order valence-electron chi connectivity index (χ1n) is 5.81. The largest absolute Gasteiger partial charge is 0.313 e. The van der Waals surface area contributed by atoms with E-state index < -0.39 is 4.92 Å². The number of nitrogens with zero attached hydrogens (tertiary/aromatic N) is 3. The van der Waals surface area contributed by atoms with Crippen LogP contribution >= 0.6 is 23.2 Å². The van der Waals surface area contributed by atoms with Crippen LogP contribution < -0.4 is 5.43 Å². The third kappa shape index (κ3) is 3.48. The highest BCUT2D eigenvalue weighted by atomic mass is 35.5. The van der Waals surface area contributed by atoms with E-state index in [9.17, 15) is 10.1 Å². The van der Waals surface area contributed by atoms with Crippen molar-refractivity contribution >= 4 is 34.6 Å². The van der Waals surface area contributed by atoms with E-state index in [-0.39, 0.29) is 10.7 Å². The molecule has 1 aromatic carbocycles. The lowest BCUT2D eigenvalue weighted by atomic mass is 10.2. The van der Waals surface area contributed by atoms with Crippen LogP contribution in [0.2, 0.25) is 10.0 Å². The van der Waals surface area contributed by atoms with E-state index in [1.54, 1.807) is 0 Å². The standard InChI is InChI=1S/C11H14Cl2N4O2/c1-15-2-4-16(5-3-15)14-10-6-8(12)9(13)7-11(10)17(18)19/h6-7,14H,2-5H2,1H3. The Kier molecular flexibility index (Phi) is 4.46. The Morgan fingerprint density at radius 1 is 1.21 bits per heavy atom. The van der Waals surface area contributed by atoms with Crippen LogP contribution in [0.4, 0.5) is 11.4 Å². The highest BCUT2D eigenvalue weighted by molar-refractivity contribution is 6.42. The second kappa shape index (κ2) is 5.92. The van der Waals surface area contributed by atoms with Crippen LogP contribution in [-0.4, -0.2) is 48.1 Å². The van der Waals surface area contributed by atoms with Crippen LogP contribution in [0.1, 0.15) is 0 Å². The van der Waals surface area contributed by atoms with Gasteiger partial charge in [-0.1, -0.05) is 23.2 Å². The lowest BCUT2D eigenvalue weighted by Crippen LogP contribution is -2.47. The number of likely N-dealkylation sites (N-methyl/N-ethyl adjacent to an activating group) is 1. The predicted molar refractivity (Wildman–Crippen MR) is 75.8 cm³/mol. The van der Waals surface area contributed by atoms with Gasteiger partial charge in [0.2, 0.25) is 0 Å². The van der Waals surface area contributed by atoms with Gasteiger partial charge in [0.25, 0.3) is 5.69 Å². The van der Waals surface area contributed by atoms with Crippen molar-refractivity contribution in [1.82, 2.24) is 9.91 Å². The highest BCUT2D eigenvalue weighted by Gasteiger charge is 2.20. The number of rotatable bonds is 3. The fourth-order valence-electron chi connectivity index (χ4n) is 1.87. The minimum absolute atomic E-state index is 0.0756. The van der Waals surface area contributed by atoms with Crippen LogP contribution in [-0.2, 0) is 0 Å². The molecule has 0 aliphatic carbocycles. The molecule has 2 rings (SSSR count). The van der Waals surface area contributed by atoms with Crippen LogP contribution in [0, 0.1) is 10.1 Å². The quantitative estimate of drug-likeness (QED) is 0.686. The molecule has 6 nitrogen and oxygen atoms in total. The Bertz CT molecular complexity index is 490. The molecule has 104 valence electrons. The summed E-state index contributed by atoms with van der Waals surface area (Å²) in [4.78, 5) is 12.7. The number of nitrogens with one attached hydrogen (secondary N) is 1. The smallest absolute Gasteiger partial charge is 0.295 e. The fourth-order valence-corrected chi connectivity index (χ4v) is 2.19. The monoisotopic (exact) mass is 304 g/mol. The van der Waals surface area contributed by atoms with Gasteiger partial charge in [-0.15, -0.1) is 0 Å². The molecule has 0 bridgehead atoms. The second-order valence-electron chi connectivity index (χ2n) is 4.44. The first-order valence-corrected chi connectivity index (χ1v) is 6.56. The maximum absolute atomic E-state index is 11.0. The summed E-state index contributed by atoms with van der Waals surface area (Å²) in [5, 5.41) is 13.4. The van der Waals surface area contributed by atoms with Gasteiger partial charge in [0.15, 0.2) is 0 Å². The van der Waals surface area contributed by atoms with Crippen LogP contribution in [0.5, 0.6) is 0 Å². The lowest BCUT2D eigenvalue weighted by molar-refractivity contribution is -0.384. The molecule has 19 heavy (non-hydrogen) atoms. The van der Waals surface area contributed by atoms with Crippen LogP contribution in [0.25, 0.3) is 0 Å². The number of hydrazine groups is 1. The van der Waals surface area contributed by atoms with Gasteiger partial charge >= 0.3 is 0 Å². The molecule has 0 radical (unpaired) electrons. The molecule has 0 unspecified atom stereocenters. The van der Waals surface area contributed by atoms with Gasteiger partial charge in [-0.2, -0.15) is 0 Å². The maximum Gasteiger partial charge on any atom is 0.295 e. The number of hydrogen-bond donors (Lipinski definition) is 1. The average molecular weight is 305 g/mol. The molecule has 1 saturated heterocycles. The Balaban J connectivity index is 2.19. The van der Waals surface area contributed by atoms with E-state index in [1.807, 2.05) is 12.1 Å². The number of piperazine rings is 1. The van der Waals surface area contributed by atoms with E-state index in [4.69, 9.17) is 23.2 Å². The molecular weight excluding hydrogens is 291 g/mol. The molecule has 1 aliphatic heterocycles. The van der Waals surface area contributed by atoms with Crippen molar-refractivity contribution < 1.29 is 4.92 Å². The molecule has 1 fully saturated rings. The molecule has 1 heterocycles. The summed E-state index contributed by atoms with van der Waals surface area (Å²) in [7, 11) is 2.04. The average Bonchev–Trinajstić information content (AvgIpc) is 2.36. The molecule has 0 aromatic heterocycles. The van der Waals surface area contributed by atoms with Crippen molar-refractivity contribution in [2.24, 2.45) is 0 Å².